The minimum atomic E-state index is -0.928. The van der Waals surface area contributed by atoms with E-state index in [-0.39, 0.29) is 42.2 Å². The molecule has 1 unspecified atom stereocenters. The largest absolute Gasteiger partial charge is 0.481 e. The van der Waals surface area contributed by atoms with Gasteiger partial charge in [0, 0.05) is 23.9 Å². The van der Waals surface area contributed by atoms with Crippen LogP contribution < -0.4 is 10.6 Å². The van der Waals surface area contributed by atoms with Gasteiger partial charge in [0.25, 0.3) is 0 Å². The van der Waals surface area contributed by atoms with Crippen LogP contribution in [0.5, 0.6) is 0 Å². The highest BCUT2D eigenvalue weighted by molar-refractivity contribution is 5.81. The number of hydrogen-bond acceptors (Lipinski definition) is 4. The van der Waals surface area contributed by atoms with E-state index in [2.05, 4.69) is 34.9 Å². The molecule has 0 saturated heterocycles. The van der Waals surface area contributed by atoms with E-state index >= 15 is 0 Å². The van der Waals surface area contributed by atoms with Gasteiger partial charge in [0.2, 0.25) is 5.91 Å². The van der Waals surface area contributed by atoms with Crippen molar-refractivity contribution in [1.29, 1.82) is 0 Å². The number of hydrogen-bond donors (Lipinski definition) is 3. The molecule has 1 fully saturated rings. The Balaban J connectivity index is 1.25. The smallest absolute Gasteiger partial charge is 0.407 e. The number of carboxylic acid groups (broad SMARTS) is 1. The molecule has 7 heteroatoms. The molecule has 0 aromatic heterocycles. The summed E-state index contributed by atoms with van der Waals surface area (Å²) in [5.41, 5.74) is 4.58. The number of carbonyl (C=O) groups excluding carboxylic acids is 2. The summed E-state index contributed by atoms with van der Waals surface area (Å²) in [6.45, 7) is 6.31. The van der Waals surface area contributed by atoms with Crippen molar-refractivity contribution in [2.75, 3.05) is 6.61 Å². The maximum Gasteiger partial charge on any atom is 0.407 e. The van der Waals surface area contributed by atoms with Crippen LogP contribution in [-0.4, -0.2) is 41.8 Å². The first-order valence-electron chi connectivity index (χ1n) is 12.2. The van der Waals surface area contributed by atoms with Crippen molar-refractivity contribution in [3.63, 3.8) is 0 Å². The summed E-state index contributed by atoms with van der Waals surface area (Å²) < 4.78 is 5.59. The minimum Gasteiger partial charge on any atom is -0.481 e. The number of aliphatic carboxylic acids is 1. The van der Waals surface area contributed by atoms with Crippen LogP contribution >= 0.6 is 0 Å². The maximum absolute atomic E-state index is 12.6. The molecule has 0 aliphatic heterocycles. The molecule has 2 aliphatic carbocycles. The first-order valence-corrected chi connectivity index (χ1v) is 12.2. The van der Waals surface area contributed by atoms with E-state index < -0.39 is 18.1 Å². The quantitative estimate of drug-likeness (QED) is 0.510. The van der Waals surface area contributed by atoms with Gasteiger partial charge in [-0.15, -0.1) is 0 Å². The lowest BCUT2D eigenvalue weighted by molar-refractivity contribution is -0.138. The van der Waals surface area contributed by atoms with Gasteiger partial charge in [0.15, 0.2) is 0 Å². The molecule has 35 heavy (non-hydrogen) atoms. The molecule has 3 N–H and O–H groups in total. The van der Waals surface area contributed by atoms with Crippen LogP contribution in [0.25, 0.3) is 11.1 Å². The van der Waals surface area contributed by atoms with Gasteiger partial charge in [-0.2, -0.15) is 0 Å². The Kier molecular flexibility index (Phi) is 7.15. The van der Waals surface area contributed by atoms with Crippen molar-refractivity contribution in [2.24, 2.45) is 11.3 Å². The molecule has 0 bridgehead atoms. The Bertz CT molecular complexity index is 1060. The molecule has 186 valence electrons. The van der Waals surface area contributed by atoms with Gasteiger partial charge in [-0.05, 0) is 46.9 Å². The Labute approximate surface area is 206 Å². The number of benzene rings is 2. The lowest BCUT2D eigenvalue weighted by Crippen LogP contribution is -2.51. The van der Waals surface area contributed by atoms with Crippen molar-refractivity contribution in [3.05, 3.63) is 59.7 Å². The fraction of sp³-hybridized carbons (Fsp3) is 0.464. The molecule has 1 atom stereocenters. The summed E-state index contributed by atoms with van der Waals surface area (Å²) in [4.78, 5) is 36.3. The van der Waals surface area contributed by atoms with Crippen LogP contribution in [0.4, 0.5) is 4.79 Å². The van der Waals surface area contributed by atoms with E-state index in [1.54, 1.807) is 0 Å². The van der Waals surface area contributed by atoms with Gasteiger partial charge in [-0.3, -0.25) is 9.59 Å². The van der Waals surface area contributed by atoms with E-state index in [1.807, 2.05) is 45.0 Å². The number of nitrogens with one attached hydrogen (secondary N) is 2. The Morgan fingerprint density at radius 2 is 1.57 bits per heavy atom. The standard InChI is InChI=1S/C28H34N2O5/c1-28(2,3)15-19(14-25(31)32)29-26(33)17-12-18(13-17)30-27(34)35-16-24-22-10-6-4-8-20(22)21-9-5-7-11-23(21)24/h4-11,17-19,24H,12-16H2,1-3H3,(H,29,33)(H,30,34)(H,31,32). The number of fused-ring (bicyclic) bond motifs is 3. The van der Waals surface area contributed by atoms with Crippen LogP contribution in [0.1, 0.15) is 63.5 Å². The fourth-order valence-corrected chi connectivity index (χ4v) is 5.20. The third-order valence-corrected chi connectivity index (χ3v) is 6.80. The summed E-state index contributed by atoms with van der Waals surface area (Å²) in [6, 6.07) is 15.8. The normalized spacial score (nSPS) is 19.6. The van der Waals surface area contributed by atoms with Crippen molar-refractivity contribution in [2.45, 2.75) is 64.5 Å². The highest BCUT2D eigenvalue weighted by Crippen LogP contribution is 2.44. The zero-order chi connectivity index (χ0) is 25.2. The zero-order valence-electron chi connectivity index (χ0n) is 20.5. The molecule has 0 heterocycles. The van der Waals surface area contributed by atoms with Crippen LogP contribution in [0.15, 0.2) is 48.5 Å². The average molecular weight is 479 g/mol. The average Bonchev–Trinajstić information content (AvgIpc) is 3.06. The van der Waals surface area contributed by atoms with Crippen molar-refractivity contribution >= 4 is 18.0 Å². The molecule has 2 aliphatic rings. The molecule has 4 rings (SSSR count). The molecule has 2 aromatic rings. The first kappa shape index (κ1) is 24.8. The fourth-order valence-electron chi connectivity index (χ4n) is 5.20. The molecule has 0 spiro atoms. The van der Waals surface area contributed by atoms with E-state index in [0.717, 1.165) is 11.1 Å². The second-order valence-corrected chi connectivity index (χ2v) is 10.9. The summed E-state index contributed by atoms with van der Waals surface area (Å²) in [5.74, 6) is -1.30. The van der Waals surface area contributed by atoms with Gasteiger partial charge < -0.3 is 20.5 Å². The Morgan fingerprint density at radius 3 is 2.11 bits per heavy atom. The second kappa shape index (κ2) is 10.1. The molecule has 2 aromatic carbocycles. The first-order chi connectivity index (χ1) is 16.6. The van der Waals surface area contributed by atoms with E-state index in [0.29, 0.717) is 19.3 Å². The number of ether oxygens (including phenoxy) is 1. The topological polar surface area (TPSA) is 105 Å². The number of alkyl carbamates (subject to hydrolysis) is 1. The lowest BCUT2D eigenvalue weighted by atomic mass is 9.79. The number of carboxylic acids is 1. The van der Waals surface area contributed by atoms with E-state index in [1.165, 1.54) is 11.1 Å². The number of rotatable bonds is 8. The summed E-state index contributed by atoms with van der Waals surface area (Å²) in [6.07, 6.45) is 1.04. The van der Waals surface area contributed by atoms with E-state index in [4.69, 9.17) is 9.84 Å². The van der Waals surface area contributed by atoms with Gasteiger partial charge in [0.1, 0.15) is 6.61 Å². The van der Waals surface area contributed by atoms with Gasteiger partial charge in [-0.1, -0.05) is 69.3 Å². The molecule has 2 amide bonds. The monoisotopic (exact) mass is 478 g/mol. The van der Waals surface area contributed by atoms with Crippen molar-refractivity contribution in [1.82, 2.24) is 10.6 Å². The van der Waals surface area contributed by atoms with Crippen molar-refractivity contribution in [3.8, 4) is 11.1 Å². The molecule has 0 radical (unpaired) electrons. The molecule has 1 saturated carbocycles. The van der Waals surface area contributed by atoms with Crippen molar-refractivity contribution < 1.29 is 24.2 Å². The molecular formula is C28H34N2O5. The highest BCUT2D eigenvalue weighted by Gasteiger charge is 2.37. The van der Waals surface area contributed by atoms with Gasteiger partial charge >= 0.3 is 12.1 Å². The highest BCUT2D eigenvalue weighted by atomic mass is 16.5. The SMILES string of the molecule is CC(C)(C)CC(CC(=O)O)NC(=O)C1CC(NC(=O)OCC2c3ccccc3-c3ccccc32)C1. The Hall–Kier alpha value is -3.35. The summed E-state index contributed by atoms with van der Waals surface area (Å²) >= 11 is 0. The third kappa shape index (κ3) is 6.02. The Morgan fingerprint density at radius 1 is 1.00 bits per heavy atom. The van der Waals surface area contributed by atoms with Crippen LogP contribution in [-0.2, 0) is 14.3 Å². The molecule has 7 nitrogen and oxygen atoms in total. The van der Waals surface area contributed by atoms with Gasteiger partial charge in [0.05, 0.1) is 6.42 Å². The van der Waals surface area contributed by atoms with E-state index in [9.17, 15) is 14.4 Å². The predicted octanol–water partition coefficient (Wildman–Crippen LogP) is 4.70. The minimum absolute atomic E-state index is 0.00190. The van der Waals surface area contributed by atoms with Crippen LogP contribution in [0, 0.1) is 11.3 Å². The predicted molar refractivity (Wildman–Crippen MR) is 133 cm³/mol. The third-order valence-electron chi connectivity index (χ3n) is 6.80. The van der Waals surface area contributed by atoms with Crippen LogP contribution in [0.2, 0.25) is 0 Å². The summed E-state index contributed by atoms with van der Waals surface area (Å²) in [5, 5.41) is 14.9. The zero-order valence-corrected chi connectivity index (χ0v) is 20.5. The van der Waals surface area contributed by atoms with Gasteiger partial charge in [-0.25, -0.2) is 4.79 Å². The number of amides is 2. The second-order valence-electron chi connectivity index (χ2n) is 10.9. The summed E-state index contributed by atoms with van der Waals surface area (Å²) in [7, 11) is 0. The number of carbonyl (C=O) groups is 3. The van der Waals surface area contributed by atoms with Crippen LogP contribution in [0.3, 0.4) is 0 Å². The maximum atomic E-state index is 12.6. The molecular weight excluding hydrogens is 444 g/mol. The lowest BCUT2D eigenvalue weighted by Gasteiger charge is -2.36.